The zero-order valence-corrected chi connectivity index (χ0v) is 11.9. The summed E-state index contributed by atoms with van der Waals surface area (Å²) in [7, 11) is 0. The van der Waals surface area contributed by atoms with Gasteiger partial charge in [0, 0.05) is 17.1 Å². The molecule has 0 saturated heterocycles. The van der Waals surface area contributed by atoms with Gasteiger partial charge in [-0.15, -0.1) is 16.7 Å². The first-order chi connectivity index (χ1) is 8.74. The van der Waals surface area contributed by atoms with Crippen molar-refractivity contribution in [2.24, 2.45) is 0 Å². The van der Waals surface area contributed by atoms with Crippen LogP contribution in [0, 0.1) is 0 Å². The van der Waals surface area contributed by atoms with Gasteiger partial charge in [0.15, 0.2) is 0 Å². The summed E-state index contributed by atoms with van der Waals surface area (Å²) in [6.07, 6.45) is 2.86. The van der Waals surface area contributed by atoms with Gasteiger partial charge in [-0.2, -0.15) is 0 Å². The topological polar surface area (TPSA) is 39.9 Å². The van der Waals surface area contributed by atoms with Crippen LogP contribution in [0.25, 0.3) is 0 Å². The summed E-state index contributed by atoms with van der Waals surface area (Å²) in [4.78, 5) is 0. The Morgan fingerprint density at radius 2 is 2.39 bits per heavy atom. The third-order valence-electron chi connectivity index (χ3n) is 2.88. The van der Waals surface area contributed by atoms with Crippen LogP contribution >= 0.6 is 27.5 Å². The van der Waals surface area contributed by atoms with E-state index in [0.717, 1.165) is 22.3 Å². The highest BCUT2D eigenvalue weighted by molar-refractivity contribution is 9.10. The summed E-state index contributed by atoms with van der Waals surface area (Å²) in [5, 5.41) is 7.98. The first kappa shape index (κ1) is 12.0. The van der Waals surface area contributed by atoms with Gasteiger partial charge in [-0.05, 0) is 23.8 Å². The summed E-state index contributed by atoms with van der Waals surface area (Å²) in [6.45, 7) is 0.691. The van der Waals surface area contributed by atoms with E-state index in [1.807, 2.05) is 18.3 Å². The largest absolute Gasteiger partial charge is 0.488 e. The van der Waals surface area contributed by atoms with Crippen LogP contribution in [0.3, 0.4) is 0 Å². The number of nitrogens with zero attached hydrogens (tertiary/aromatic N) is 3. The molecule has 0 saturated carbocycles. The average Bonchev–Trinajstić information content (AvgIpc) is 2.95. The highest BCUT2D eigenvalue weighted by Gasteiger charge is 2.23. The molecule has 1 aromatic carbocycles. The normalized spacial score (nSPS) is 17.6. The van der Waals surface area contributed by atoms with E-state index in [4.69, 9.17) is 16.3 Å². The number of hydrogen-bond donors (Lipinski definition) is 0. The highest BCUT2D eigenvalue weighted by Crippen LogP contribution is 2.31. The second-order valence-electron chi connectivity index (χ2n) is 4.26. The number of ether oxygens (including phenoxy) is 1. The molecule has 1 atom stereocenters. The Balaban J connectivity index is 1.70. The van der Waals surface area contributed by atoms with Crippen molar-refractivity contribution in [1.29, 1.82) is 0 Å². The molecule has 0 N–H and O–H groups in total. The van der Waals surface area contributed by atoms with Gasteiger partial charge in [0.05, 0.1) is 18.1 Å². The summed E-state index contributed by atoms with van der Waals surface area (Å²) >= 11 is 9.16. The number of hydrogen-bond acceptors (Lipinski definition) is 3. The van der Waals surface area contributed by atoms with Crippen LogP contribution in [-0.2, 0) is 18.8 Å². The standard InChI is InChI=1S/C12H11BrClN3O/c13-9-1-2-12-8(3-9)4-11(18-12)7-17-6-10(5-14)15-16-17/h1-3,6,11H,4-5,7H2. The lowest BCUT2D eigenvalue weighted by Crippen LogP contribution is -2.21. The second kappa shape index (κ2) is 4.90. The van der Waals surface area contributed by atoms with E-state index in [-0.39, 0.29) is 6.10 Å². The molecule has 18 heavy (non-hydrogen) atoms. The summed E-state index contributed by atoms with van der Waals surface area (Å²) in [5.41, 5.74) is 2.02. The molecule has 4 nitrogen and oxygen atoms in total. The minimum Gasteiger partial charge on any atom is -0.488 e. The minimum atomic E-state index is 0.110. The molecule has 1 aromatic heterocycles. The first-order valence-electron chi connectivity index (χ1n) is 5.64. The van der Waals surface area contributed by atoms with Gasteiger partial charge in [0.1, 0.15) is 11.9 Å². The van der Waals surface area contributed by atoms with Crippen molar-refractivity contribution in [3.05, 3.63) is 40.1 Å². The maximum atomic E-state index is 5.87. The number of fused-ring (bicyclic) bond motifs is 1. The van der Waals surface area contributed by atoms with E-state index in [2.05, 4.69) is 32.3 Å². The number of rotatable bonds is 3. The minimum absolute atomic E-state index is 0.110. The quantitative estimate of drug-likeness (QED) is 0.814. The molecular weight excluding hydrogens is 318 g/mol. The van der Waals surface area contributed by atoms with Gasteiger partial charge < -0.3 is 4.74 Å². The van der Waals surface area contributed by atoms with E-state index >= 15 is 0 Å². The molecule has 0 spiro atoms. The summed E-state index contributed by atoms with van der Waals surface area (Å²) in [6, 6.07) is 6.08. The molecule has 1 aliphatic heterocycles. The van der Waals surface area contributed by atoms with Crippen LogP contribution in [0.2, 0.25) is 0 Å². The average molecular weight is 329 g/mol. The molecule has 6 heteroatoms. The molecule has 1 aliphatic rings. The Bertz CT molecular complexity index is 572. The predicted molar refractivity (Wildman–Crippen MR) is 71.8 cm³/mol. The van der Waals surface area contributed by atoms with Crippen molar-refractivity contribution < 1.29 is 4.74 Å². The zero-order valence-electron chi connectivity index (χ0n) is 9.51. The summed E-state index contributed by atoms with van der Waals surface area (Å²) in [5.74, 6) is 1.35. The van der Waals surface area contributed by atoms with Crippen LogP contribution in [0.4, 0.5) is 0 Å². The van der Waals surface area contributed by atoms with Crippen LogP contribution in [0.5, 0.6) is 5.75 Å². The molecule has 2 aromatic rings. The predicted octanol–water partition coefficient (Wildman–Crippen LogP) is 2.78. The molecule has 0 fully saturated rings. The second-order valence-corrected chi connectivity index (χ2v) is 5.44. The SMILES string of the molecule is ClCc1cn(CC2Cc3cc(Br)ccc3O2)nn1. The van der Waals surface area contributed by atoms with Gasteiger partial charge in [0.25, 0.3) is 0 Å². The van der Waals surface area contributed by atoms with Crippen LogP contribution in [0.15, 0.2) is 28.9 Å². The van der Waals surface area contributed by atoms with E-state index in [1.165, 1.54) is 5.56 Å². The Morgan fingerprint density at radius 1 is 1.50 bits per heavy atom. The van der Waals surface area contributed by atoms with Crippen molar-refractivity contribution in [3.63, 3.8) is 0 Å². The number of aromatic nitrogens is 3. The Kier molecular flexibility index (Phi) is 3.26. The van der Waals surface area contributed by atoms with Crippen molar-refractivity contribution in [2.45, 2.75) is 24.9 Å². The maximum absolute atomic E-state index is 5.87. The molecule has 94 valence electrons. The molecule has 0 radical (unpaired) electrons. The van der Waals surface area contributed by atoms with Crippen molar-refractivity contribution in [3.8, 4) is 5.75 Å². The van der Waals surface area contributed by atoms with Gasteiger partial charge in [-0.25, -0.2) is 4.68 Å². The van der Waals surface area contributed by atoms with Crippen molar-refractivity contribution in [2.75, 3.05) is 0 Å². The molecular formula is C12H11BrClN3O. The molecule has 0 aliphatic carbocycles. The fraction of sp³-hybridized carbons (Fsp3) is 0.333. The van der Waals surface area contributed by atoms with Gasteiger partial charge in [-0.1, -0.05) is 21.1 Å². The highest BCUT2D eigenvalue weighted by atomic mass is 79.9. The van der Waals surface area contributed by atoms with Gasteiger partial charge >= 0.3 is 0 Å². The van der Waals surface area contributed by atoms with E-state index in [9.17, 15) is 0 Å². The van der Waals surface area contributed by atoms with Crippen LogP contribution in [-0.4, -0.2) is 21.1 Å². The molecule has 1 unspecified atom stereocenters. The molecule has 0 bridgehead atoms. The summed E-state index contributed by atoms with van der Waals surface area (Å²) < 4.78 is 8.73. The van der Waals surface area contributed by atoms with E-state index in [1.54, 1.807) is 4.68 Å². The van der Waals surface area contributed by atoms with Crippen LogP contribution < -0.4 is 4.74 Å². The maximum Gasteiger partial charge on any atom is 0.123 e. The Hall–Kier alpha value is -1.07. The number of alkyl halides is 1. The smallest absolute Gasteiger partial charge is 0.123 e. The third kappa shape index (κ3) is 2.37. The lowest BCUT2D eigenvalue weighted by atomic mass is 10.1. The van der Waals surface area contributed by atoms with E-state index in [0.29, 0.717) is 12.4 Å². The Morgan fingerprint density at radius 3 is 3.17 bits per heavy atom. The van der Waals surface area contributed by atoms with Gasteiger partial charge in [0.2, 0.25) is 0 Å². The van der Waals surface area contributed by atoms with E-state index < -0.39 is 0 Å². The van der Waals surface area contributed by atoms with Crippen LogP contribution in [0.1, 0.15) is 11.3 Å². The zero-order chi connectivity index (χ0) is 12.5. The Labute approximate surface area is 118 Å². The lowest BCUT2D eigenvalue weighted by Gasteiger charge is -2.09. The fourth-order valence-corrected chi connectivity index (χ4v) is 2.62. The third-order valence-corrected chi connectivity index (χ3v) is 3.64. The fourth-order valence-electron chi connectivity index (χ4n) is 2.09. The number of halogens is 2. The monoisotopic (exact) mass is 327 g/mol. The molecule has 3 rings (SSSR count). The van der Waals surface area contributed by atoms with Gasteiger partial charge in [-0.3, -0.25) is 0 Å². The lowest BCUT2D eigenvalue weighted by molar-refractivity contribution is 0.202. The molecule has 2 heterocycles. The molecule has 0 amide bonds. The van der Waals surface area contributed by atoms with Crippen molar-refractivity contribution >= 4 is 27.5 Å². The van der Waals surface area contributed by atoms with Crippen molar-refractivity contribution in [1.82, 2.24) is 15.0 Å². The number of benzene rings is 1. The first-order valence-corrected chi connectivity index (χ1v) is 6.97.